The fraction of sp³-hybridized carbons (Fsp3) is 0.520. The predicted molar refractivity (Wildman–Crippen MR) is 112 cm³/mol. The van der Waals surface area contributed by atoms with Crippen LogP contribution in [-0.2, 0) is 19.1 Å². The van der Waals surface area contributed by atoms with Crippen LogP contribution in [0, 0.1) is 11.8 Å². The zero-order chi connectivity index (χ0) is 20.8. The molecule has 2 bridgehead atoms. The van der Waals surface area contributed by atoms with E-state index in [4.69, 9.17) is 9.47 Å². The number of carbonyl (C=O) groups excluding carboxylic acids is 2. The molecule has 1 saturated carbocycles. The van der Waals surface area contributed by atoms with Gasteiger partial charge in [-0.25, -0.2) is 9.59 Å². The maximum atomic E-state index is 13.2. The molecule has 154 valence electrons. The van der Waals surface area contributed by atoms with E-state index >= 15 is 0 Å². The Balaban J connectivity index is 1.58. The van der Waals surface area contributed by atoms with E-state index < -0.39 is 11.2 Å². The van der Waals surface area contributed by atoms with Crippen molar-refractivity contribution in [1.29, 1.82) is 0 Å². The molecule has 0 aromatic carbocycles. The van der Waals surface area contributed by atoms with E-state index in [9.17, 15) is 9.59 Å². The van der Waals surface area contributed by atoms with Crippen LogP contribution in [0.25, 0.3) is 0 Å². The van der Waals surface area contributed by atoms with Crippen LogP contribution in [0.5, 0.6) is 0 Å². The summed E-state index contributed by atoms with van der Waals surface area (Å²) in [5.41, 5.74) is 1.94. The molecule has 0 amide bonds. The van der Waals surface area contributed by atoms with Gasteiger partial charge < -0.3 is 9.47 Å². The molecule has 0 heterocycles. The molecule has 4 aliphatic rings. The molecule has 0 aromatic rings. The van der Waals surface area contributed by atoms with Gasteiger partial charge in [0.15, 0.2) is 0 Å². The Morgan fingerprint density at radius 2 is 1.24 bits per heavy atom. The van der Waals surface area contributed by atoms with Crippen molar-refractivity contribution in [2.45, 2.75) is 71.0 Å². The van der Waals surface area contributed by atoms with Gasteiger partial charge in [0.25, 0.3) is 0 Å². The van der Waals surface area contributed by atoms with Crippen LogP contribution in [0.1, 0.15) is 59.8 Å². The summed E-state index contributed by atoms with van der Waals surface area (Å²) in [7, 11) is 0. The van der Waals surface area contributed by atoms with Crippen molar-refractivity contribution in [3.05, 3.63) is 58.7 Å². The smallest absolute Gasteiger partial charge is 0.335 e. The summed E-state index contributed by atoms with van der Waals surface area (Å²) in [6, 6.07) is 0. The van der Waals surface area contributed by atoms with E-state index in [1.807, 2.05) is 64.2 Å². The first kappa shape index (κ1) is 19.9. The molecule has 4 heteroatoms. The number of allylic oxidation sites excluding steroid dienone is 4. The summed E-state index contributed by atoms with van der Waals surface area (Å²) in [5.74, 6) is -0.490. The van der Waals surface area contributed by atoms with Crippen LogP contribution in [0.3, 0.4) is 0 Å². The highest BCUT2D eigenvalue weighted by atomic mass is 16.6. The van der Waals surface area contributed by atoms with Crippen molar-refractivity contribution in [3.8, 4) is 0 Å². The molecule has 4 nitrogen and oxygen atoms in total. The van der Waals surface area contributed by atoms with E-state index in [-0.39, 0.29) is 23.8 Å². The number of fused-ring (bicyclic) bond motifs is 2. The Morgan fingerprint density at radius 3 is 1.62 bits per heavy atom. The minimum Gasteiger partial charge on any atom is -0.451 e. The van der Waals surface area contributed by atoms with Gasteiger partial charge in [0.05, 0.1) is 11.1 Å². The largest absolute Gasteiger partial charge is 0.451 e. The van der Waals surface area contributed by atoms with Gasteiger partial charge in [-0.15, -0.1) is 0 Å². The second-order valence-electron chi connectivity index (χ2n) is 9.43. The van der Waals surface area contributed by atoms with Crippen molar-refractivity contribution in [1.82, 2.24) is 0 Å². The first-order chi connectivity index (χ1) is 13.7. The highest BCUT2D eigenvalue weighted by molar-refractivity contribution is 6.03. The molecule has 0 aliphatic heterocycles. The van der Waals surface area contributed by atoms with Crippen LogP contribution >= 0.6 is 0 Å². The summed E-state index contributed by atoms with van der Waals surface area (Å²) in [4.78, 5) is 26.4. The van der Waals surface area contributed by atoms with Gasteiger partial charge in [-0.05, 0) is 70.9 Å². The molecule has 0 spiro atoms. The summed E-state index contributed by atoms with van der Waals surface area (Å²) < 4.78 is 11.9. The van der Waals surface area contributed by atoms with Gasteiger partial charge in [-0.3, -0.25) is 0 Å². The maximum absolute atomic E-state index is 13.2. The fourth-order valence-corrected chi connectivity index (χ4v) is 5.31. The number of rotatable bonds is 4. The molecule has 0 radical (unpaired) electrons. The SMILES string of the molecule is CC1=CC(C)(OC(=O)C2=C(C(=O)OC3(C)C=C(C)C=CC3)C3CCC2C3)CC=C1. The van der Waals surface area contributed by atoms with E-state index in [2.05, 4.69) is 0 Å². The monoisotopic (exact) mass is 394 g/mol. The van der Waals surface area contributed by atoms with Gasteiger partial charge in [-0.2, -0.15) is 0 Å². The van der Waals surface area contributed by atoms with Crippen molar-refractivity contribution in [3.63, 3.8) is 0 Å². The topological polar surface area (TPSA) is 52.6 Å². The number of hydrogen-bond donors (Lipinski definition) is 0. The molecule has 29 heavy (non-hydrogen) atoms. The lowest BCUT2D eigenvalue weighted by Crippen LogP contribution is -2.35. The number of carbonyl (C=O) groups is 2. The Bertz CT molecular complexity index is 828. The summed E-state index contributed by atoms with van der Waals surface area (Å²) in [5, 5.41) is 0. The zero-order valence-corrected chi connectivity index (χ0v) is 17.8. The van der Waals surface area contributed by atoms with Gasteiger partial charge in [0.1, 0.15) is 11.2 Å². The van der Waals surface area contributed by atoms with Crippen molar-refractivity contribution >= 4 is 11.9 Å². The molecule has 0 N–H and O–H groups in total. The van der Waals surface area contributed by atoms with Crippen LogP contribution < -0.4 is 0 Å². The molecule has 0 aromatic heterocycles. The van der Waals surface area contributed by atoms with Crippen LogP contribution in [0.2, 0.25) is 0 Å². The molecule has 4 unspecified atom stereocenters. The third-order valence-electron chi connectivity index (χ3n) is 6.50. The van der Waals surface area contributed by atoms with E-state index in [1.54, 1.807) is 0 Å². The molecule has 4 aliphatic carbocycles. The van der Waals surface area contributed by atoms with Gasteiger partial charge in [-0.1, -0.05) is 35.5 Å². The van der Waals surface area contributed by atoms with Crippen LogP contribution in [-0.4, -0.2) is 23.1 Å². The lowest BCUT2D eigenvalue weighted by Gasteiger charge is -2.31. The molecule has 1 fully saturated rings. The number of hydrogen-bond acceptors (Lipinski definition) is 4. The standard InChI is InChI=1S/C25H30O4/c1-16-7-5-11-24(3,14-16)28-22(26)20-18-9-10-19(13-18)21(20)23(27)29-25(4)12-6-8-17(2)15-25/h5-8,14-15,18-19H,9-13H2,1-4H3. The number of ether oxygens (including phenoxy) is 2. The average Bonchev–Trinajstić information content (AvgIpc) is 3.21. The Kier molecular flexibility index (Phi) is 4.92. The average molecular weight is 395 g/mol. The van der Waals surface area contributed by atoms with E-state index in [1.165, 1.54) is 0 Å². The molecule has 4 atom stereocenters. The van der Waals surface area contributed by atoms with Gasteiger partial charge in [0, 0.05) is 12.8 Å². The van der Waals surface area contributed by atoms with E-state index in [0.717, 1.165) is 30.4 Å². The highest BCUT2D eigenvalue weighted by Gasteiger charge is 2.48. The normalized spacial score (nSPS) is 35.4. The fourth-order valence-electron chi connectivity index (χ4n) is 5.31. The zero-order valence-electron chi connectivity index (χ0n) is 17.8. The molecular formula is C25H30O4. The minimum absolute atomic E-state index is 0.110. The first-order valence-electron chi connectivity index (χ1n) is 10.6. The molecule has 4 rings (SSSR count). The van der Waals surface area contributed by atoms with Gasteiger partial charge >= 0.3 is 11.9 Å². The van der Waals surface area contributed by atoms with Crippen LogP contribution in [0.4, 0.5) is 0 Å². The quantitative estimate of drug-likeness (QED) is 0.620. The third kappa shape index (κ3) is 3.90. The summed E-state index contributed by atoms with van der Waals surface area (Å²) >= 11 is 0. The first-order valence-corrected chi connectivity index (χ1v) is 10.6. The van der Waals surface area contributed by atoms with Crippen molar-refractivity contribution in [2.75, 3.05) is 0 Å². The molecule has 0 saturated heterocycles. The maximum Gasteiger partial charge on any atom is 0.335 e. The minimum atomic E-state index is -0.667. The lowest BCUT2D eigenvalue weighted by atomic mass is 9.89. The second-order valence-corrected chi connectivity index (χ2v) is 9.43. The summed E-state index contributed by atoms with van der Waals surface area (Å²) in [6.07, 6.45) is 16.1. The van der Waals surface area contributed by atoms with Crippen molar-refractivity contribution in [2.24, 2.45) is 11.8 Å². The Hall–Kier alpha value is -2.36. The second kappa shape index (κ2) is 7.16. The summed E-state index contributed by atoms with van der Waals surface area (Å²) in [6.45, 7) is 7.84. The van der Waals surface area contributed by atoms with E-state index in [0.29, 0.717) is 24.0 Å². The highest BCUT2D eigenvalue weighted by Crippen LogP contribution is 2.50. The van der Waals surface area contributed by atoms with Crippen molar-refractivity contribution < 1.29 is 19.1 Å². The Labute approximate surface area is 173 Å². The predicted octanol–water partition coefficient (Wildman–Crippen LogP) is 5.13. The molecular weight excluding hydrogens is 364 g/mol. The Morgan fingerprint density at radius 1 is 0.828 bits per heavy atom. The van der Waals surface area contributed by atoms with Crippen LogP contribution in [0.15, 0.2) is 58.7 Å². The van der Waals surface area contributed by atoms with Gasteiger partial charge in [0.2, 0.25) is 0 Å². The lowest BCUT2D eigenvalue weighted by molar-refractivity contribution is -0.153. The number of esters is 2. The third-order valence-corrected chi connectivity index (χ3v) is 6.50.